The van der Waals surface area contributed by atoms with Gasteiger partial charge in [0.05, 0.1) is 0 Å². The van der Waals surface area contributed by atoms with Gasteiger partial charge in [-0.2, -0.15) is 0 Å². The van der Waals surface area contributed by atoms with Gasteiger partial charge in [0, 0.05) is 24.3 Å². The van der Waals surface area contributed by atoms with E-state index >= 15 is 0 Å². The van der Waals surface area contributed by atoms with E-state index in [1.54, 1.807) is 0 Å². The Balaban J connectivity index is 2.43. The van der Waals surface area contributed by atoms with Crippen molar-refractivity contribution in [1.29, 1.82) is 0 Å². The molecular weight excluding hydrogens is 229 g/mol. The highest BCUT2D eigenvalue weighted by Gasteiger charge is 2.07. The second-order valence-corrected chi connectivity index (χ2v) is 4.26. The van der Waals surface area contributed by atoms with Crippen LogP contribution >= 0.6 is 23.2 Å². The molecule has 0 fully saturated rings. The standard InChI is InChI=1S/C12H17Cl2N/c13-7-6-12(15-9-8-14)10-11-4-2-1-3-5-11/h1-5,12,15H,6-10H2. The zero-order chi connectivity index (χ0) is 10.9. The van der Waals surface area contributed by atoms with Crippen LogP contribution in [0.5, 0.6) is 0 Å². The second kappa shape index (κ2) is 7.98. The number of benzene rings is 1. The fraction of sp³-hybridized carbons (Fsp3) is 0.500. The Labute approximate surface area is 102 Å². The smallest absolute Gasteiger partial charge is 0.0348 e. The summed E-state index contributed by atoms with van der Waals surface area (Å²) in [4.78, 5) is 0. The fourth-order valence-electron chi connectivity index (χ4n) is 1.57. The number of alkyl halides is 2. The van der Waals surface area contributed by atoms with Crippen molar-refractivity contribution in [1.82, 2.24) is 5.32 Å². The Morgan fingerprint density at radius 1 is 1.07 bits per heavy atom. The molecule has 1 aromatic carbocycles. The van der Waals surface area contributed by atoms with Crippen molar-refractivity contribution >= 4 is 23.2 Å². The van der Waals surface area contributed by atoms with E-state index in [0.717, 1.165) is 19.4 Å². The van der Waals surface area contributed by atoms with Gasteiger partial charge in [0.2, 0.25) is 0 Å². The lowest BCUT2D eigenvalue weighted by Gasteiger charge is -2.16. The van der Waals surface area contributed by atoms with Gasteiger partial charge in [-0.3, -0.25) is 0 Å². The van der Waals surface area contributed by atoms with Crippen molar-refractivity contribution in [2.45, 2.75) is 18.9 Å². The van der Waals surface area contributed by atoms with Gasteiger partial charge in [-0.05, 0) is 18.4 Å². The minimum atomic E-state index is 0.434. The summed E-state index contributed by atoms with van der Waals surface area (Å²) in [6.45, 7) is 0.843. The summed E-state index contributed by atoms with van der Waals surface area (Å²) in [5.41, 5.74) is 1.34. The molecule has 0 saturated heterocycles. The van der Waals surface area contributed by atoms with Gasteiger partial charge in [0.1, 0.15) is 0 Å². The molecule has 84 valence electrons. The van der Waals surface area contributed by atoms with E-state index in [-0.39, 0.29) is 0 Å². The molecule has 0 aliphatic heterocycles. The van der Waals surface area contributed by atoms with Crippen LogP contribution in [0.3, 0.4) is 0 Å². The maximum absolute atomic E-state index is 5.77. The van der Waals surface area contributed by atoms with Crippen molar-refractivity contribution in [2.24, 2.45) is 0 Å². The molecule has 3 heteroatoms. The van der Waals surface area contributed by atoms with Gasteiger partial charge >= 0.3 is 0 Å². The minimum Gasteiger partial charge on any atom is -0.312 e. The molecule has 1 nitrogen and oxygen atoms in total. The maximum Gasteiger partial charge on any atom is 0.0348 e. The summed E-state index contributed by atoms with van der Waals surface area (Å²) >= 11 is 11.4. The van der Waals surface area contributed by atoms with Gasteiger partial charge in [0.25, 0.3) is 0 Å². The van der Waals surface area contributed by atoms with E-state index < -0.39 is 0 Å². The summed E-state index contributed by atoms with van der Waals surface area (Å²) in [6.07, 6.45) is 2.00. The molecule has 0 heterocycles. The number of rotatable bonds is 7. The molecule has 1 aromatic rings. The average Bonchev–Trinajstić information content (AvgIpc) is 2.28. The van der Waals surface area contributed by atoms with Crippen LogP contribution in [0.4, 0.5) is 0 Å². The first kappa shape index (κ1) is 12.8. The highest BCUT2D eigenvalue weighted by Crippen LogP contribution is 2.06. The first-order valence-electron chi connectivity index (χ1n) is 5.26. The van der Waals surface area contributed by atoms with Gasteiger partial charge in [-0.25, -0.2) is 0 Å². The van der Waals surface area contributed by atoms with Gasteiger partial charge in [-0.15, -0.1) is 23.2 Å². The van der Waals surface area contributed by atoms with Crippen molar-refractivity contribution in [3.63, 3.8) is 0 Å². The normalized spacial score (nSPS) is 12.7. The third-order valence-corrected chi connectivity index (χ3v) is 2.72. The molecule has 1 unspecified atom stereocenters. The third-order valence-electron chi connectivity index (χ3n) is 2.31. The average molecular weight is 246 g/mol. The molecule has 1 atom stereocenters. The molecule has 0 spiro atoms. The number of nitrogens with one attached hydrogen (secondary N) is 1. The Kier molecular flexibility index (Phi) is 6.82. The maximum atomic E-state index is 5.77. The van der Waals surface area contributed by atoms with E-state index in [2.05, 4.69) is 29.6 Å². The van der Waals surface area contributed by atoms with E-state index in [1.165, 1.54) is 5.56 Å². The number of hydrogen-bond donors (Lipinski definition) is 1. The summed E-state index contributed by atoms with van der Waals surface area (Å²) in [5.74, 6) is 1.33. The fourth-order valence-corrected chi connectivity index (χ4v) is 1.94. The van der Waals surface area contributed by atoms with Crippen LogP contribution in [-0.2, 0) is 6.42 Å². The lowest BCUT2D eigenvalue weighted by molar-refractivity contribution is 0.514. The zero-order valence-electron chi connectivity index (χ0n) is 8.76. The molecular formula is C12H17Cl2N. The lowest BCUT2D eigenvalue weighted by atomic mass is 10.0. The molecule has 1 rings (SSSR count). The first-order valence-corrected chi connectivity index (χ1v) is 6.33. The molecule has 0 bridgehead atoms. The van der Waals surface area contributed by atoms with Gasteiger partial charge in [-0.1, -0.05) is 30.3 Å². The van der Waals surface area contributed by atoms with Crippen LogP contribution in [0.2, 0.25) is 0 Å². The lowest BCUT2D eigenvalue weighted by Crippen LogP contribution is -2.33. The van der Waals surface area contributed by atoms with Crippen LogP contribution in [0.15, 0.2) is 30.3 Å². The molecule has 0 amide bonds. The molecule has 0 aliphatic rings. The number of hydrogen-bond acceptors (Lipinski definition) is 1. The van der Waals surface area contributed by atoms with Crippen LogP contribution < -0.4 is 5.32 Å². The van der Waals surface area contributed by atoms with E-state index in [0.29, 0.717) is 17.8 Å². The Morgan fingerprint density at radius 3 is 2.40 bits per heavy atom. The SMILES string of the molecule is ClCCNC(CCCl)Cc1ccccc1. The predicted octanol–water partition coefficient (Wildman–Crippen LogP) is 3.06. The monoisotopic (exact) mass is 245 g/mol. The topological polar surface area (TPSA) is 12.0 Å². The molecule has 15 heavy (non-hydrogen) atoms. The Hall–Kier alpha value is -0.240. The molecule has 0 saturated carbocycles. The molecule has 0 aromatic heterocycles. The summed E-state index contributed by atoms with van der Waals surface area (Å²) < 4.78 is 0. The minimum absolute atomic E-state index is 0.434. The quantitative estimate of drug-likeness (QED) is 0.729. The van der Waals surface area contributed by atoms with Crippen LogP contribution in [0.25, 0.3) is 0 Å². The largest absolute Gasteiger partial charge is 0.312 e. The second-order valence-electron chi connectivity index (χ2n) is 3.51. The van der Waals surface area contributed by atoms with Gasteiger partial charge < -0.3 is 5.32 Å². The Bertz CT molecular complexity index is 251. The summed E-state index contributed by atoms with van der Waals surface area (Å²) in [6, 6.07) is 10.9. The molecule has 0 radical (unpaired) electrons. The summed E-state index contributed by atoms with van der Waals surface area (Å²) in [5, 5.41) is 3.40. The van der Waals surface area contributed by atoms with Crippen molar-refractivity contribution in [2.75, 3.05) is 18.3 Å². The van der Waals surface area contributed by atoms with Crippen LogP contribution in [-0.4, -0.2) is 24.3 Å². The van der Waals surface area contributed by atoms with Crippen LogP contribution in [0, 0.1) is 0 Å². The molecule has 0 aliphatic carbocycles. The van der Waals surface area contributed by atoms with E-state index in [1.807, 2.05) is 6.07 Å². The van der Waals surface area contributed by atoms with Crippen molar-refractivity contribution < 1.29 is 0 Å². The van der Waals surface area contributed by atoms with Crippen LogP contribution in [0.1, 0.15) is 12.0 Å². The zero-order valence-corrected chi connectivity index (χ0v) is 10.3. The van der Waals surface area contributed by atoms with Crippen molar-refractivity contribution in [3.05, 3.63) is 35.9 Å². The van der Waals surface area contributed by atoms with Gasteiger partial charge in [0.15, 0.2) is 0 Å². The van der Waals surface area contributed by atoms with Crippen molar-refractivity contribution in [3.8, 4) is 0 Å². The third kappa shape index (κ3) is 5.41. The Morgan fingerprint density at radius 2 is 1.80 bits per heavy atom. The molecule has 1 N–H and O–H groups in total. The number of halogens is 2. The highest BCUT2D eigenvalue weighted by molar-refractivity contribution is 6.18. The highest BCUT2D eigenvalue weighted by atomic mass is 35.5. The predicted molar refractivity (Wildman–Crippen MR) is 68.0 cm³/mol. The van der Waals surface area contributed by atoms with E-state index in [4.69, 9.17) is 23.2 Å². The van der Waals surface area contributed by atoms with E-state index in [9.17, 15) is 0 Å². The first-order chi connectivity index (χ1) is 7.36. The summed E-state index contributed by atoms with van der Waals surface area (Å²) in [7, 11) is 0.